The molecule has 0 saturated carbocycles. The van der Waals surface area contributed by atoms with E-state index in [2.05, 4.69) is 19.9 Å². The molecule has 2 aromatic rings. The monoisotopic (exact) mass is 490 g/mol. The van der Waals surface area contributed by atoms with E-state index in [4.69, 9.17) is 15.2 Å². The number of nitrogens with zero attached hydrogens (tertiary/aromatic N) is 2. The summed E-state index contributed by atoms with van der Waals surface area (Å²) in [6.07, 6.45) is 3.84. The second-order valence-electron chi connectivity index (χ2n) is 10.4. The number of quaternary nitrogens is 1. The number of likely N-dealkylation sites (tertiary alicyclic amines) is 1. The molecule has 1 saturated heterocycles. The molecule has 3 atom stereocenters. The third-order valence-corrected chi connectivity index (χ3v) is 8.04. The normalized spacial score (nSPS) is 22.2. The standard InChI is InChI=1S/C29H35N3O4/c1-21(2)29(19-30,23-9-4-3-5-10-23)15-7-6-12-27(33)32(16-8-11-24(32)28(31)34)18-22-13-14-25-26(17-22)36-20-35-25/h3-5,9-10,13-14,17,21,24H,6-8,11-12,15-16,18,20H2,1-2H3,(H-,31,34)/p+1/t24?,29-,32+/m0/s1. The van der Waals surface area contributed by atoms with Crippen LogP contribution < -0.4 is 15.2 Å². The van der Waals surface area contributed by atoms with Gasteiger partial charge in [0.2, 0.25) is 6.79 Å². The van der Waals surface area contributed by atoms with Crippen LogP contribution in [0.2, 0.25) is 0 Å². The highest BCUT2D eigenvalue weighted by atomic mass is 16.7. The predicted octanol–water partition coefficient (Wildman–Crippen LogP) is 4.58. The molecule has 0 aliphatic carbocycles. The molecule has 0 aromatic heterocycles. The second-order valence-corrected chi connectivity index (χ2v) is 10.4. The van der Waals surface area contributed by atoms with E-state index in [1.54, 1.807) is 0 Å². The highest BCUT2D eigenvalue weighted by Gasteiger charge is 2.50. The van der Waals surface area contributed by atoms with Gasteiger partial charge in [-0.1, -0.05) is 50.6 Å². The van der Waals surface area contributed by atoms with E-state index in [-0.39, 0.29) is 23.1 Å². The molecular formula is C29H36N3O4+. The van der Waals surface area contributed by atoms with Gasteiger partial charge in [0.1, 0.15) is 6.54 Å². The number of fused-ring (bicyclic) bond motifs is 1. The third kappa shape index (κ3) is 4.83. The number of ether oxygens (including phenoxy) is 2. The summed E-state index contributed by atoms with van der Waals surface area (Å²) in [5, 5.41) is 10.2. The zero-order valence-corrected chi connectivity index (χ0v) is 21.2. The fourth-order valence-electron chi connectivity index (χ4n) is 5.95. The van der Waals surface area contributed by atoms with Gasteiger partial charge < -0.3 is 15.2 Å². The molecule has 190 valence electrons. The first kappa shape index (κ1) is 25.7. The number of primary amides is 1. The minimum Gasteiger partial charge on any atom is -0.454 e. The van der Waals surface area contributed by atoms with Gasteiger partial charge in [0, 0.05) is 18.4 Å². The van der Waals surface area contributed by atoms with Gasteiger partial charge in [-0.3, -0.25) is 4.79 Å². The SMILES string of the molecule is CC(C)[C@@](C#N)(CCCCC(=O)[N@@+]1(Cc2ccc3c(c2)OCO3)CCCC1C(N)=O)c1ccccc1. The number of benzene rings is 2. The number of nitriles is 1. The highest BCUT2D eigenvalue weighted by Crippen LogP contribution is 2.39. The van der Waals surface area contributed by atoms with E-state index < -0.39 is 17.4 Å². The quantitative estimate of drug-likeness (QED) is 0.388. The van der Waals surface area contributed by atoms with Crippen LogP contribution in [0.25, 0.3) is 0 Å². The summed E-state index contributed by atoms with van der Waals surface area (Å²) in [6, 6.07) is 17.7. The van der Waals surface area contributed by atoms with Crippen molar-refractivity contribution < 1.29 is 23.5 Å². The molecule has 2 amide bonds. The number of hydrogen-bond donors (Lipinski definition) is 1. The number of amides is 2. The summed E-state index contributed by atoms with van der Waals surface area (Å²) in [4.78, 5) is 26.2. The molecule has 1 unspecified atom stereocenters. The van der Waals surface area contributed by atoms with Crippen molar-refractivity contribution in [2.75, 3.05) is 13.3 Å². The summed E-state index contributed by atoms with van der Waals surface area (Å²) < 4.78 is 11.0. The Bertz CT molecular complexity index is 1140. The average molecular weight is 491 g/mol. The van der Waals surface area contributed by atoms with Crippen LogP contribution in [0.15, 0.2) is 48.5 Å². The maximum absolute atomic E-state index is 13.8. The van der Waals surface area contributed by atoms with Crippen molar-refractivity contribution >= 4 is 11.8 Å². The molecule has 2 aliphatic rings. The van der Waals surface area contributed by atoms with Crippen molar-refractivity contribution in [1.82, 2.24) is 0 Å². The average Bonchev–Trinajstić information content (AvgIpc) is 3.52. The lowest BCUT2D eigenvalue weighted by Crippen LogP contribution is -2.59. The number of carbonyl (C=O) groups excluding carboxylic acids is 2. The number of unbranched alkanes of at least 4 members (excludes halogenated alkanes) is 1. The van der Waals surface area contributed by atoms with Crippen molar-refractivity contribution in [2.45, 2.75) is 70.4 Å². The molecule has 1 fully saturated rings. The van der Waals surface area contributed by atoms with Crippen LogP contribution in [0.3, 0.4) is 0 Å². The van der Waals surface area contributed by atoms with Gasteiger partial charge >= 0.3 is 5.91 Å². The minimum atomic E-state index is -0.591. The maximum Gasteiger partial charge on any atom is 0.314 e. The van der Waals surface area contributed by atoms with Crippen molar-refractivity contribution in [2.24, 2.45) is 11.7 Å². The Labute approximate surface area is 213 Å². The lowest BCUT2D eigenvalue weighted by molar-refractivity contribution is -0.871. The van der Waals surface area contributed by atoms with E-state index in [9.17, 15) is 14.9 Å². The number of hydrogen-bond acceptors (Lipinski definition) is 5. The van der Waals surface area contributed by atoms with E-state index >= 15 is 0 Å². The Hall–Kier alpha value is -3.37. The molecule has 2 N–H and O–H groups in total. The van der Waals surface area contributed by atoms with Crippen molar-refractivity contribution in [3.8, 4) is 17.6 Å². The Morgan fingerprint density at radius 3 is 2.58 bits per heavy atom. The molecule has 4 rings (SSSR count). The first-order valence-electron chi connectivity index (χ1n) is 12.9. The lowest BCUT2D eigenvalue weighted by Gasteiger charge is -2.36. The van der Waals surface area contributed by atoms with Gasteiger partial charge in [0.15, 0.2) is 17.5 Å². The Morgan fingerprint density at radius 1 is 1.14 bits per heavy atom. The summed E-state index contributed by atoms with van der Waals surface area (Å²) >= 11 is 0. The summed E-state index contributed by atoms with van der Waals surface area (Å²) in [6.45, 7) is 5.34. The molecular weight excluding hydrogens is 454 g/mol. The van der Waals surface area contributed by atoms with Gasteiger partial charge in [0.25, 0.3) is 5.91 Å². The summed E-state index contributed by atoms with van der Waals surface area (Å²) in [7, 11) is 0. The Balaban J connectivity index is 1.48. The van der Waals surface area contributed by atoms with Gasteiger partial charge in [0.05, 0.1) is 24.4 Å². The number of carbonyl (C=O) groups is 2. The van der Waals surface area contributed by atoms with E-state index in [1.807, 2.05) is 48.5 Å². The van der Waals surface area contributed by atoms with E-state index in [0.29, 0.717) is 50.3 Å². The number of rotatable bonds is 10. The molecule has 0 spiro atoms. The van der Waals surface area contributed by atoms with E-state index in [0.717, 1.165) is 24.0 Å². The first-order valence-corrected chi connectivity index (χ1v) is 12.9. The summed E-state index contributed by atoms with van der Waals surface area (Å²) in [5.74, 6) is 1.11. The number of nitrogens with two attached hydrogens (primary N) is 1. The molecule has 0 radical (unpaired) electrons. The predicted molar refractivity (Wildman–Crippen MR) is 136 cm³/mol. The Kier molecular flexibility index (Phi) is 7.65. The van der Waals surface area contributed by atoms with Gasteiger partial charge in [-0.15, -0.1) is 0 Å². The zero-order valence-electron chi connectivity index (χ0n) is 21.2. The van der Waals surface area contributed by atoms with Crippen LogP contribution in [0.1, 0.15) is 63.5 Å². The van der Waals surface area contributed by atoms with Gasteiger partial charge in [-0.25, -0.2) is 9.28 Å². The highest BCUT2D eigenvalue weighted by molar-refractivity contribution is 5.82. The van der Waals surface area contributed by atoms with Crippen LogP contribution in [0.5, 0.6) is 11.5 Å². The molecule has 7 heteroatoms. The minimum absolute atomic E-state index is 0.0424. The van der Waals surface area contributed by atoms with E-state index in [1.165, 1.54) is 0 Å². The Morgan fingerprint density at radius 2 is 1.89 bits per heavy atom. The van der Waals surface area contributed by atoms with Crippen molar-refractivity contribution in [3.63, 3.8) is 0 Å². The smallest absolute Gasteiger partial charge is 0.314 e. The summed E-state index contributed by atoms with van der Waals surface area (Å²) in [5.41, 5.74) is 7.15. The van der Waals surface area contributed by atoms with Crippen molar-refractivity contribution in [1.29, 1.82) is 5.26 Å². The van der Waals surface area contributed by atoms with Crippen LogP contribution in [-0.2, 0) is 21.5 Å². The van der Waals surface area contributed by atoms with Crippen LogP contribution in [-0.4, -0.2) is 35.7 Å². The van der Waals surface area contributed by atoms with Crippen LogP contribution in [0, 0.1) is 17.2 Å². The third-order valence-electron chi connectivity index (χ3n) is 8.04. The maximum atomic E-state index is 13.8. The fourth-order valence-corrected chi connectivity index (χ4v) is 5.95. The molecule has 0 bridgehead atoms. The second kappa shape index (κ2) is 10.7. The largest absolute Gasteiger partial charge is 0.454 e. The van der Waals surface area contributed by atoms with Gasteiger partial charge in [-0.2, -0.15) is 5.26 Å². The topological polar surface area (TPSA) is 102 Å². The van der Waals surface area contributed by atoms with Crippen LogP contribution in [0.4, 0.5) is 0 Å². The lowest BCUT2D eigenvalue weighted by atomic mass is 9.69. The molecule has 7 nitrogen and oxygen atoms in total. The van der Waals surface area contributed by atoms with Crippen LogP contribution >= 0.6 is 0 Å². The first-order chi connectivity index (χ1) is 17.3. The molecule has 2 aromatic carbocycles. The molecule has 2 heterocycles. The molecule has 2 aliphatic heterocycles. The zero-order chi connectivity index (χ0) is 25.8. The fraction of sp³-hybridized carbons (Fsp3) is 0.483. The van der Waals surface area contributed by atoms with Gasteiger partial charge in [-0.05, 0) is 42.5 Å². The molecule has 36 heavy (non-hydrogen) atoms. The van der Waals surface area contributed by atoms with Crippen molar-refractivity contribution in [3.05, 3.63) is 59.7 Å².